The molecule has 0 aromatic heterocycles. The van der Waals surface area contributed by atoms with E-state index in [0.29, 0.717) is 5.56 Å². The molecule has 88 valence electrons. The van der Waals surface area contributed by atoms with Gasteiger partial charge in [-0.1, -0.05) is 29.3 Å². The lowest BCUT2D eigenvalue weighted by molar-refractivity contribution is -0.141. The SMILES string of the molecule is COC(=O)C[C@@H](N)c1ccc(Cl)c(Cl)c1O. The van der Waals surface area contributed by atoms with Crippen LogP contribution in [0.25, 0.3) is 0 Å². The first-order valence-electron chi connectivity index (χ1n) is 4.46. The van der Waals surface area contributed by atoms with Gasteiger partial charge in [0.05, 0.1) is 18.6 Å². The van der Waals surface area contributed by atoms with Gasteiger partial charge in [0.2, 0.25) is 0 Å². The third-order valence-corrected chi connectivity index (χ3v) is 2.91. The minimum Gasteiger partial charge on any atom is -0.506 e. The van der Waals surface area contributed by atoms with Gasteiger partial charge in [0, 0.05) is 11.6 Å². The highest BCUT2D eigenvalue weighted by Crippen LogP contribution is 2.37. The van der Waals surface area contributed by atoms with E-state index in [9.17, 15) is 9.90 Å². The van der Waals surface area contributed by atoms with Gasteiger partial charge < -0.3 is 15.6 Å². The number of carbonyl (C=O) groups is 1. The number of esters is 1. The molecule has 0 aliphatic carbocycles. The molecule has 0 fully saturated rings. The summed E-state index contributed by atoms with van der Waals surface area (Å²) in [6.07, 6.45) is -0.0397. The minimum atomic E-state index is -0.679. The van der Waals surface area contributed by atoms with Crippen molar-refractivity contribution in [2.75, 3.05) is 7.11 Å². The molecule has 0 saturated heterocycles. The molecule has 0 radical (unpaired) electrons. The van der Waals surface area contributed by atoms with Gasteiger partial charge in [0.15, 0.2) is 0 Å². The van der Waals surface area contributed by atoms with Crippen LogP contribution in [-0.2, 0) is 9.53 Å². The summed E-state index contributed by atoms with van der Waals surface area (Å²) in [4.78, 5) is 11.0. The Morgan fingerprint density at radius 1 is 1.56 bits per heavy atom. The molecular formula is C10H11Cl2NO3. The lowest BCUT2D eigenvalue weighted by Crippen LogP contribution is -2.16. The van der Waals surface area contributed by atoms with Crippen molar-refractivity contribution in [2.24, 2.45) is 5.73 Å². The van der Waals surface area contributed by atoms with Crippen molar-refractivity contribution < 1.29 is 14.6 Å². The first kappa shape index (κ1) is 13.1. The van der Waals surface area contributed by atoms with E-state index in [-0.39, 0.29) is 22.2 Å². The van der Waals surface area contributed by atoms with Gasteiger partial charge in [0.25, 0.3) is 0 Å². The number of aromatic hydroxyl groups is 1. The topological polar surface area (TPSA) is 72.5 Å². The Kier molecular flexibility index (Phi) is 4.41. The van der Waals surface area contributed by atoms with E-state index in [4.69, 9.17) is 28.9 Å². The van der Waals surface area contributed by atoms with Gasteiger partial charge in [-0.3, -0.25) is 4.79 Å². The highest BCUT2D eigenvalue weighted by Gasteiger charge is 2.18. The number of rotatable bonds is 3. The summed E-state index contributed by atoms with van der Waals surface area (Å²) in [6.45, 7) is 0. The van der Waals surface area contributed by atoms with Crippen LogP contribution in [0.15, 0.2) is 12.1 Å². The maximum Gasteiger partial charge on any atom is 0.307 e. The molecule has 1 aromatic rings. The number of phenolic OH excluding ortho intramolecular Hbond substituents is 1. The smallest absolute Gasteiger partial charge is 0.307 e. The van der Waals surface area contributed by atoms with Gasteiger partial charge in [-0.25, -0.2) is 0 Å². The summed E-state index contributed by atoms with van der Waals surface area (Å²) >= 11 is 11.4. The van der Waals surface area contributed by atoms with Crippen molar-refractivity contribution in [1.29, 1.82) is 0 Å². The molecule has 16 heavy (non-hydrogen) atoms. The summed E-state index contributed by atoms with van der Waals surface area (Å²) in [5, 5.41) is 9.94. The predicted molar refractivity (Wildman–Crippen MR) is 61.7 cm³/mol. The number of hydrogen-bond acceptors (Lipinski definition) is 4. The Bertz CT molecular complexity index is 409. The Balaban J connectivity index is 2.96. The number of halogens is 2. The van der Waals surface area contributed by atoms with Gasteiger partial charge in [-0.2, -0.15) is 0 Å². The number of hydrogen-bond donors (Lipinski definition) is 2. The molecule has 3 N–H and O–H groups in total. The lowest BCUT2D eigenvalue weighted by Gasteiger charge is -2.13. The minimum absolute atomic E-state index is 0.0273. The first-order chi connectivity index (χ1) is 7.47. The van der Waals surface area contributed by atoms with Crippen LogP contribution >= 0.6 is 23.2 Å². The van der Waals surface area contributed by atoms with E-state index in [2.05, 4.69) is 4.74 Å². The molecule has 0 spiro atoms. The van der Waals surface area contributed by atoms with Crippen LogP contribution < -0.4 is 5.73 Å². The number of ether oxygens (including phenoxy) is 1. The monoisotopic (exact) mass is 263 g/mol. The molecule has 1 aromatic carbocycles. The molecule has 0 aliphatic rings. The zero-order valence-electron chi connectivity index (χ0n) is 8.54. The van der Waals surface area contributed by atoms with Crippen LogP contribution in [0.2, 0.25) is 10.0 Å². The Morgan fingerprint density at radius 2 is 2.19 bits per heavy atom. The number of phenols is 1. The van der Waals surface area contributed by atoms with Crippen LogP contribution in [0.4, 0.5) is 0 Å². The van der Waals surface area contributed by atoms with Crippen molar-refractivity contribution in [3.63, 3.8) is 0 Å². The van der Waals surface area contributed by atoms with E-state index >= 15 is 0 Å². The van der Waals surface area contributed by atoms with E-state index < -0.39 is 12.0 Å². The molecular weight excluding hydrogens is 253 g/mol. The fourth-order valence-corrected chi connectivity index (χ4v) is 1.55. The molecule has 0 unspecified atom stereocenters. The second-order valence-corrected chi connectivity index (χ2v) is 3.97. The fourth-order valence-electron chi connectivity index (χ4n) is 1.23. The van der Waals surface area contributed by atoms with Crippen LogP contribution in [0.3, 0.4) is 0 Å². The lowest BCUT2D eigenvalue weighted by atomic mass is 10.0. The molecule has 0 aliphatic heterocycles. The highest BCUT2D eigenvalue weighted by atomic mass is 35.5. The summed E-state index contributed by atoms with van der Waals surface area (Å²) in [5.74, 6) is -0.663. The quantitative estimate of drug-likeness (QED) is 0.821. The average Bonchev–Trinajstić information content (AvgIpc) is 2.25. The molecule has 0 amide bonds. The van der Waals surface area contributed by atoms with Crippen LogP contribution in [-0.4, -0.2) is 18.2 Å². The molecule has 1 atom stereocenters. The average molecular weight is 264 g/mol. The zero-order valence-corrected chi connectivity index (χ0v) is 10.0. The summed E-state index contributed by atoms with van der Waals surface area (Å²) in [6, 6.07) is 2.36. The Hall–Kier alpha value is -0.970. The van der Waals surface area contributed by atoms with Crippen molar-refractivity contribution >= 4 is 29.2 Å². The fraction of sp³-hybridized carbons (Fsp3) is 0.300. The number of nitrogens with two attached hydrogens (primary N) is 1. The van der Waals surface area contributed by atoms with Crippen molar-refractivity contribution in [3.8, 4) is 5.75 Å². The Morgan fingerprint density at radius 3 is 2.75 bits per heavy atom. The van der Waals surface area contributed by atoms with E-state index in [1.165, 1.54) is 19.2 Å². The highest BCUT2D eigenvalue weighted by molar-refractivity contribution is 6.43. The third kappa shape index (κ3) is 2.78. The van der Waals surface area contributed by atoms with Crippen LogP contribution in [0, 0.1) is 0 Å². The van der Waals surface area contributed by atoms with Gasteiger partial charge >= 0.3 is 5.97 Å². The normalized spacial score (nSPS) is 12.2. The number of carbonyl (C=O) groups excluding carboxylic acids is 1. The standard InChI is InChI=1S/C10H11Cl2NO3/c1-16-8(14)4-7(13)5-2-3-6(11)9(12)10(5)15/h2-3,7,15H,4,13H2,1H3/t7-/m1/s1. The van der Waals surface area contributed by atoms with E-state index in [1.54, 1.807) is 0 Å². The van der Waals surface area contributed by atoms with Crippen molar-refractivity contribution in [1.82, 2.24) is 0 Å². The molecule has 0 saturated carbocycles. The summed E-state index contributed by atoms with van der Waals surface area (Å²) < 4.78 is 4.48. The number of methoxy groups -OCH3 is 1. The largest absolute Gasteiger partial charge is 0.506 e. The van der Waals surface area contributed by atoms with E-state index in [0.717, 1.165) is 0 Å². The number of benzene rings is 1. The summed E-state index contributed by atoms with van der Waals surface area (Å²) in [5.41, 5.74) is 6.09. The Labute approximate surface area is 103 Å². The maximum absolute atomic E-state index is 11.0. The van der Waals surface area contributed by atoms with Gasteiger partial charge in [-0.15, -0.1) is 0 Å². The molecule has 1 rings (SSSR count). The van der Waals surface area contributed by atoms with E-state index in [1.807, 2.05) is 0 Å². The van der Waals surface area contributed by atoms with Gasteiger partial charge in [0.1, 0.15) is 10.8 Å². The summed E-state index contributed by atoms with van der Waals surface area (Å²) in [7, 11) is 1.27. The van der Waals surface area contributed by atoms with Gasteiger partial charge in [-0.05, 0) is 6.07 Å². The van der Waals surface area contributed by atoms with Crippen molar-refractivity contribution in [3.05, 3.63) is 27.7 Å². The van der Waals surface area contributed by atoms with Crippen molar-refractivity contribution in [2.45, 2.75) is 12.5 Å². The molecule has 6 heteroatoms. The third-order valence-electron chi connectivity index (χ3n) is 2.11. The van der Waals surface area contributed by atoms with Crippen LogP contribution in [0.5, 0.6) is 5.75 Å². The molecule has 0 heterocycles. The predicted octanol–water partition coefficient (Wildman–Crippen LogP) is 2.26. The maximum atomic E-state index is 11.0. The second kappa shape index (κ2) is 5.39. The molecule has 0 bridgehead atoms. The second-order valence-electron chi connectivity index (χ2n) is 3.19. The van der Waals surface area contributed by atoms with Crippen LogP contribution in [0.1, 0.15) is 18.0 Å². The molecule has 4 nitrogen and oxygen atoms in total. The first-order valence-corrected chi connectivity index (χ1v) is 5.22. The zero-order chi connectivity index (χ0) is 12.3.